The third kappa shape index (κ3) is 3.21. The minimum Gasteiger partial charge on any atom is -0.355 e. The molecule has 2 aromatic rings. The zero-order valence-electron chi connectivity index (χ0n) is 10.2. The fraction of sp³-hybridized carbons (Fsp3) is 0.231. The topological polar surface area (TPSA) is 29.0 Å². The van der Waals surface area contributed by atoms with Gasteiger partial charge in [-0.25, -0.2) is 9.97 Å². The van der Waals surface area contributed by atoms with Gasteiger partial charge in [-0.05, 0) is 36.2 Å². The van der Waals surface area contributed by atoms with E-state index in [1.165, 1.54) is 5.56 Å². The van der Waals surface area contributed by atoms with E-state index in [4.69, 9.17) is 11.6 Å². The van der Waals surface area contributed by atoms with Crippen LogP contribution in [0.3, 0.4) is 0 Å². The smallest absolute Gasteiger partial charge is 0.224 e. The summed E-state index contributed by atoms with van der Waals surface area (Å²) in [5.74, 6) is 0.856. The summed E-state index contributed by atoms with van der Waals surface area (Å²) in [5.41, 5.74) is 2.22. The second-order valence-corrected chi connectivity index (χ2v) is 5.39. The van der Waals surface area contributed by atoms with Crippen LogP contribution in [0.4, 0.5) is 5.82 Å². The van der Waals surface area contributed by atoms with Crippen LogP contribution < -0.4 is 4.90 Å². The van der Waals surface area contributed by atoms with Crippen LogP contribution in [-0.4, -0.2) is 17.0 Å². The van der Waals surface area contributed by atoms with E-state index in [0.29, 0.717) is 0 Å². The van der Waals surface area contributed by atoms with Crippen molar-refractivity contribution in [3.05, 3.63) is 51.3 Å². The average molecular weight is 327 g/mol. The third-order valence-corrected chi connectivity index (χ3v) is 3.26. The van der Waals surface area contributed by atoms with Crippen molar-refractivity contribution in [1.29, 1.82) is 0 Å². The van der Waals surface area contributed by atoms with Crippen LogP contribution in [0.5, 0.6) is 0 Å². The lowest BCUT2D eigenvalue weighted by Gasteiger charge is -2.20. The predicted molar refractivity (Wildman–Crippen MR) is 78.0 cm³/mol. The molecule has 0 saturated carbocycles. The second kappa shape index (κ2) is 5.67. The van der Waals surface area contributed by atoms with E-state index in [9.17, 15) is 0 Å². The Hall–Kier alpha value is -1.13. The van der Waals surface area contributed by atoms with Crippen LogP contribution in [-0.2, 0) is 6.54 Å². The van der Waals surface area contributed by atoms with Crippen molar-refractivity contribution < 1.29 is 0 Å². The molecule has 0 atom stereocenters. The summed E-state index contributed by atoms with van der Waals surface area (Å²) in [5, 5.41) is 0.275. The van der Waals surface area contributed by atoms with Gasteiger partial charge in [0.25, 0.3) is 0 Å². The van der Waals surface area contributed by atoms with Gasteiger partial charge in [-0.15, -0.1) is 0 Å². The van der Waals surface area contributed by atoms with E-state index in [0.717, 1.165) is 22.4 Å². The number of aryl methyl sites for hydroxylation is 1. The zero-order chi connectivity index (χ0) is 13.1. The summed E-state index contributed by atoms with van der Waals surface area (Å²) >= 11 is 9.30. The molecule has 18 heavy (non-hydrogen) atoms. The van der Waals surface area contributed by atoms with Crippen molar-refractivity contribution in [1.82, 2.24) is 9.97 Å². The molecule has 0 radical (unpaired) electrons. The van der Waals surface area contributed by atoms with E-state index < -0.39 is 0 Å². The number of halogens is 2. The number of aromatic nitrogens is 2. The number of benzene rings is 1. The molecule has 0 aliphatic rings. The molecule has 0 bridgehead atoms. The first kappa shape index (κ1) is 13.3. The van der Waals surface area contributed by atoms with Gasteiger partial charge in [0, 0.05) is 29.8 Å². The molecule has 0 spiro atoms. The van der Waals surface area contributed by atoms with Gasteiger partial charge in [-0.1, -0.05) is 28.1 Å². The van der Waals surface area contributed by atoms with E-state index in [1.807, 2.05) is 26.1 Å². The number of rotatable bonds is 3. The van der Waals surface area contributed by atoms with E-state index in [2.05, 4.69) is 42.9 Å². The Morgan fingerprint density at radius 2 is 2.17 bits per heavy atom. The van der Waals surface area contributed by atoms with Crippen LogP contribution in [0.2, 0.25) is 5.28 Å². The summed E-state index contributed by atoms with van der Waals surface area (Å²) in [6, 6.07) is 8.21. The number of anilines is 1. The molecule has 1 aromatic carbocycles. The highest BCUT2D eigenvalue weighted by Gasteiger charge is 2.08. The Morgan fingerprint density at radius 1 is 1.39 bits per heavy atom. The zero-order valence-corrected chi connectivity index (χ0v) is 12.5. The Labute approximate surface area is 120 Å². The van der Waals surface area contributed by atoms with Gasteiger partial charge in [0.1, 0.15) is 5.82 Å². The lowest BCUT2D eigenvalue weighted by atomic mass is 10.2. The van der Waals surface area contributed by atoms with Crippen LogP contribution >= 0.6 is 27.5 Å². The van der Waals surface area contributed by atoms with Crippen molar-refractivity contribution in [3.63, 3.8) is 0 Å². The minimum absolute atomic E-state index is 0.275. The minimum atomic E-state index is 0.275. The molecule has 0 saturated heterocycles. The third-order valence-electron chi connectivity index (χ3n) is 2.59. The standard InChI is InChI=1S/C13H13BrClN3/c1-9-7-16-13(15)17-12(9)18(2)8-10-4-3-5-11(14)6-10/h3-7H,8H2,1-2H3. The molecule has 3 nitrogen and oxygen atoms in total. The summed E-state index contributed by atoms with van der Waals surface area (Å²) in [6.07, 6.45) is 1.74. The molecule has 0 amide bonds. The molecular weight excluding hydrogens is 314 g/mol. The van der Waals surface area contributed by atoms with Gasteiger partial charge >= 0.3 is 0 Å². The largest absolute Gasteiger partial charge is 0.355 e. The van der Waals surface area contributed by atoms with Crippen molar-refractivity contribution in [2.24, 2.45) is 0 Å². The Morgan fingerprint density at radius 3 is 2.89 bits per heavy atom. The van der Waals surface area contributed by atoms with Gasteiger partial charge in [0.2, 0.25) is 5.28 Å². The molecule has 2 rings (SSSR count). The molecule has 0 aliphatic carbocycles. The monoisotopic (exact) mass is 325 g/mol. The van der Waals surface area contributed by atoms with Gasteiger partial charge < -0.3 is 4.90 Å². The number of nitrogens with zero attached hydrogens (tertiary/aromatic N) is 3. The predicted octanol–water partition coefficient (Wildman–Crippen LogP) is 3.84. The molecule has 94 valence electrons. The molecule has 5 heteroatoms. The van der Waals surface area contributed by atoms with Crippen molar-refractivity contribution in [2.75, 3.05) is 11.9 Å². The molecule has 1 aromatic heterocycles. The molecule has 1 heterocycles. The maximum Gasteiger partial charge on any atom is 0.224 e. The fourth-order valence-electron chi connectivity index (χ4n) is 1.78. The maximum absolute atomic E-state index is 5.83. The van der Waals surface area contributed by atoms with Crippen molar-refractivity contribution >= 4 is 33.3 Å². The summed E-state index contributed by atoms with van der Waals surface area (Å²) in [6.45, 7) is 2.75. The first-order valence-corrected chi connectivity index (χ1v) is 6.68. The Balaban J connectivity index is 2.21. The first-order valence-electron chi connectivity index (χ1n) is 5.51. The lowest BCUT2D eigenvalue weighted by molar-refractivity contribution is 0.882. The fourth-order valence-corrected chi connectivity index (χ4v) is 2.36. The summed E-state index contributed by atoms with van der Waals surface area (Å²) < 4.78 is 1.07. The van der Waals surface area contributed by atoms with Gasteiger partial charge in [0.15, 0.2) is 0 Å². The van der Waals surface area contributed by atoms with Crippen LogP contribution in [0.1, 0.15) is 11.1 Å². The molecule has 0 aliphatic heterocycles. The second-order valence-electron chi connectivity index (χ2n) is 4.13. The van der Waals surface area contributed by atoms with Gasteiger partial charge in [-0.2, -0.15) is 0 Å². The molecular formula is C13H13BrClN3. The quantitative estimate of drug-likeness (QED) is 0.803. The van der Waals surface area contributed by atoms with E-state index >= 15 is 0 Å². The van der Waals surface area contributed by atoms with Crippen molar-refractivity contribution in [2.45, 2.75) is 13.5 Å². The van der Waals surface area contributed by atoms with Gasteiger partial charge in [0.05, 0.1) is 0 Å². The van der Waals surface area contributed by atoms with Crippen LogP contribution in [0.15, 0.2) is 34.9 Å². The maximum atomic E-state index is 5.83. The highest BCUT2D eigenvalue weighted by molar-refractivity contribution is 9.10. The Bertz CT molecular complexity index is 560. The normalized spacial score (nSPS) is 10.4. The highest BCUT2D eigenvalue weighted by atomic mass is 79.9. The molecule has 0 unspecified atom stereocenters. The van der Waals surface area contributed by atoms with Crippen LogP contribution in [0, 0.1) is 6.92 Å². The average Bonchev–Trinajstić information content (AvgIpc) is 2.32. The number of hydrogen-bond acceptors (Lipinski definition) is 3. The highest BCUT2D eigenvalue weighted by Crippen LogP contribution is 2.20. The SMILES string of the molecule is Cc1cnc(Cl)nc1N(C)Cc1cccc(Br)c1. The summed E-state index contributed by atoms with van der Waals surface area (Å²) in [7, 11) is 1.99. The van der Waals surface area contributed by atoms with E-state index in [-0.39, 0.29) is 5.28 Å². The molecule has 0 fully saturated rings. The van der Waals surface area contributed by atoms with Gasteiger partial charge in [-0.3, -0.25) is 0 Å². The lowest BCUT2D eigenvalue weighted by Crippen LogP contribution is -2.19. The van der Waals surface area contributed by atoms with Crippen LogP contribution in [0.25, 0.3) is 0 Å². The van der Waals surface area contributed by atoms with E-state index in [1.54, 1.807) is 6.20 Å². The summed E-state index contributed by atoms with van der Waals surface area (Å²) in [4.78, 5) is 10.3. The van der Waals surface area contributed by atoms with Crippen molar-refractivity contribution in [3.8, 4) is 0 Å². The Kier molecular flexibility index (Phi) is 4.19. The molecule has 0 N–H and O–H groups in total. The number of hydrogen-bond donors (Lipinski definition) is 0. The first-order chi connectivity index (χ1) is 8.56.